The highest BCUT2D eigenvalue weighted by atomic mass is 79.9. The van der Waals surface area contributed by atoms with Crippen molar-refractivity contribution in [3.05, 3.63) is 52.5 Å². The zero-order valence-electron chi connectivity index (χ0n) is 12.4. The first kappa shape index (κ1) is 14.4. The number of nitrogens with zero attached hydrogens (tertiary/aromatic N) is 2. The van der Waals surface area contributed by atoms with Crippen molar-refractivity contribution in [1.29, 1.82) is 0 Å². The predicted molar refractivity (Wildman–Crippen MR) is 93.6 cm³/mol. The highest BCUT2D eigenvalue weighted by Gasteiger charge is 2.22. The molecule has 0 atom stereocenters. The SMILES string of the molecule is CNCc1ccc(Br)cc1N1CCN(C)c2ccccc21. The summed E-state index contributed by atoms with van der Waals surface area (Å²) < 4.78 is 1.12. The zero-order valence-corrected chi connectivity index (χ0v) is 14.0. The fraction of sp³-hybridized carbons (Fsp3) is 0.294. The molecule has 0 aliphatic carbocycles. The summed E-state index contributed by atoms with van der Waals surface area (Å²) in [4.78, 5) is 4.74. The van der Waals surface area contributed by atoms with Crippen LogP contribution in [0, 0.1) is 0 Å². The number of hydrogen-bond donors (Lipinski definition) is 1. The third-order valence-electron chi connectivity index (χ3n) is 3.95. The largest absolute Gasteiger partial charge is 0.371 e. The van der Waals surface area contributed by atoms with Gasteiger partial charge in [-0.3, -0.25) is 0 Å². The van der Waals surface area contributed by atoms with Crippen LogP contribution in [0.5, 0.6) is 0 Å². The molecule has 0 radical (unpaired) electrons. The molecule has 3 nitrogen and oxygen atoms in total. The molecule has 1 heterocycles. The van der Waals surface area contributed by atoms with E-state index in [2.05, 4.69) is 80.6 Å². The van der Waals surface area contributed by atoms with Crippen LogP contribution in [0.25, 0.3) is 0 Å². The summed E-state index contributed by atoms with van der Waals surface area (Å²) in [5.41, 5.74) is 5.17. The molecule has 0 fully saturated rings. The van der Waals surface area contributed by atoms with Crippen LogP contribution in [0.2, 0.25) is 0 Å². The lowest BCUT2D eigenvalue weighted by Crippen LogP contribution is -2.37. The Bertz CT molecular complexity index is 642. The Morgan fingerprint density at radius 2 is 1.81 bits per heavy atom. The van der Waals surface area contributed by atoms with Gasteiger partial charge >= 0.3 is 0 Å². The van der Waals surface area contributed by atoms with Gasteiger partial charge in [-0.15, -0.1) is 0 Å². The zero-order chi connectivity index (χ0) is 14.8. The number of rotatable bonds is 3. The van der Waals surface area contributed by atoms with E-state index in [4.69, 9.17) is 0 Å². The average Bonchev–Trinajstić information content (AvgIpc) is 2.50. The van der Waals surface area contributed by atoms with Gasteiger partial charge in [0.05, 0.1) is 11.4 Å². The third kappa shape index (κ3) is 2.78. The summed E-state index contributed by atoms with van der Waals surface area (Å²) in [6.45, 7) is 2.90. The second-order valence-electron chi connectivity index (χ2n) is 5.37. The first-order valence-electron chi connectivity index (χ1n) is 7.21. The molecule has 0 saturated heterocycles. The summed E-state index contributed by atoms with van der Waals surface area (Å²) in [5.74, 6) is 0. The lowest BCUT2D eigenvalue weighted by molar-refractivity contribution is 0.791. The maximum absolute atomic E-state index is 3.61. The molecule has 3 rings (SSSR count). The predicted octanol–water partition coefficient (Wildman–Crippen LogP) is 3.76. The van der Waals surface area contributed by atoms with Gasteiger partial charge in [0.15, 0.2) is 0 Å². The normalized spacial score (nSPS) is 14.2. The second-order valence-corrected chi connectivity index (χ2v) is 6.28. The third-order valence-corrected chi connectivity index (χ3v) is 4.44. The van der Waals surface area contributed by atoms with Crippen LogP contribution in [0.15, 0.2) is 46.9 Å². The lowest BCUT2D eigenvalue weighted by atomic mass is 10.1. The molecule has 1 aliphatic heterocycles. The van der Waals surface area contributed by atoms with Crippen LogP contribution in [0.4, 0.5) is 17.1 Å². The number of fused-ring (bicyclic) bond motifs is 1. The summed E-state index contributed by atoms with van der Waals surface area (Å²) in [6.07, 6.45) is 0. The average molecular weight is 346 g/mol. The minimum absolute atomic E-state index is 0.872. The second kappa shape index (κ2) is 6.08. The van der Waals surface area contributed by atoms with Gasteiger partial charge in [-0.2, -0.15) is 0 Å². The monoisotopic (exact) mass is 345 g/mol. The van der Waals surface area contributed by atoms with Crippen molar-refractivity contribution in [2.24, 2.45) is 0 Å². The van der Waals surface area contributed by atoms with Crippen LogP contribution in [-0.4, -0.2) is 27.2 Å². The van der Waals surface area contributed by atoms with Gasteiger partial charge in [0, 0.05) is 36.8 Å². The smallest absolute Gasteiger partial charge is 0.0649 e. The van der Waals surface area contributed by atoms with E-state index in [0.29, 0.717) is 0 Å². The number of benzene rings is 2. The van der Waals surface area contributed by atoms with Crippen LogP contribution in [0.3, 0.4) is 0 Å². The maximum Gasteiger partial charge on any atom is 0.0649 e. The molecule has 0 spiro atoms. The standard InChI is InChI=1S/C17H20BrN3/c1-19-12-13-7-8-14(18)11-17(13)21-10-9-20(2)15-5-3-4-6-16(15)21/h3-8,11,19H,9-10,12H2,1-2H3. The quantitative estimate of drug-likeness (QED) is 0.913. The minimum atomic E-state index is 0.872. The van der Waals surface area contributed by atoms with Gasteiger partial charge in [-0.25, -0.2) is 0 Å². The molecule has 1 N–H and O–H groups in total. The van der Waals surface area contributed by atoms with Crippen LogP contribution in [-0.2, 0) is 6.54 Å². The fourth-order valence-electron chi connectivity index (χ4n) is 2.88. The van der Waals surface area contributed by atoms with Crippen LogP contribution >= 0.6 is 15.9 Å². The molecule has 0 saturated carbocycles. The van der Waals surface area contributed by atoms with Crippen LogP contribution < -0.4 is 15.1 Å². The topological polar surface area (TPSA) is 18.5 Å². The number of nitrogens with one attached hydrogen (secondary N) is 1. The van der Waals surface area contributed by atoms with Crippen molar-refractivity contribution < 1.29 is 0 Å². The Kier molecular flexibility index (Phi) is 4.17. The summed E-state index contributed by atoms with van der Waals surface area (Å²) in [5, 5.41) is 3.26. The Balaban J connectivity index is 2.09. The van der Waals surface area contributed by atoms with Crippen molar-refractivity contribution in [2.75, 3.05) is 37.0 Å². The van der Waals surface area contributed by atoms with E-state index in [9.17, 15) is 0 Å². The Morgan fingerprint density at radius 1 is 1.05 bits per heavy atom. The molecular weight excluding hydrogens is 326 g/mol. The van der Waals surface area contributed by atoms with Crippen molar-refractivity contribution in [1.82, 2.24) is 5.32 Å². The fourth-order valence-corrected chi connectivity index (χ4v) is 3.23. The van der Waals surface area contributed by atoms with Crippen molar-refractivity contribution in [3.63, 3.8) is 0 Å². The molecule has 110 valence electrons. The first-order valence-corrected chi connectivity index (χ1v) is 8.00. The Hall–Kier alpha value is -1.52. The molecule has 2 aromatic carbocycles. The van der Waals surface area contributed by atoms with Crippen LogP contribution in [0.1, 0.15) is 5.56 Å². The molecular formula is C17H20BrN3. The summed E-state index contributed by atoms with van der Waals surface area (Å²) >= 11 is 3.61. The molecule has 2 aromatic rings. The molecule has 1 aliphatic rings. The van der Waals surface area contributed by atoms with E-state index < -0.39 is 0 Å². The van der Waals surface area contributed by atoms with Crippen molar-refractivity contribution in [3.8, 4) is 0 Å². The molecule has 0 unspecified atom stereocenters. The number of anilines is 3. The number of para-hydroxylation sites is 2. The van der Waals surface area contributed by atoms with Gasteiger partial charge in [0.25, 0.3) is 0 Å². The van der Waals surface area contributed by atoms with E-state index >= 15 is 0 Å². The van der Waals surface area contributed by atoms with Gasteiger partial charge < -0.3 is 15.1 Å². The highest BCUT2D eigenvalue weighted by Crippen LogP contribution is 2.39. The highest BCUT2D eigenvalue weighted by molar-refractivity contribution is 9.10. The lowest BCUT2D eigenvalue weighted by Gasteiger charge is -2.38. The van der Waals surface area contributed by atoms with E-state index in [1.807, 2.05) is 7.05 Å². The number of halogens is 1. The minimum Gasteiger partial charge on any atom is -0.371 e. The summed E-state index contributed by atoms with van der Waals surface area (Å²) in [6, 6.07) is 15.1. The van der Waals surface area contributed by atoms with E-state index in [1.165, 1.54) is 22.6 Å². The van der Waals surface area contributed by atoms with E-state index in [-0.39, 0.29) is 0 Å². The number of likely N-dealkylation sites (N-methyl/N-ethyl adjacent to an activating group) is 1. The molecule has 0 amide bonds. The molecule has 0 bridgehead atoms. The van der Waals surface area contributed by atoms with Gasteiger partial charge in [0.2, 0.25) is 0 Å². The van der Waals surface area contributed by atoms with E-state index in [0.717, 1.165) is 24.1 Å². The first-order chi connectivity index (χ1) is 10.2. The molecule has 0 aromatic heterocycles. The van der Waals surface area contributed by atoms with Crippen molar-refractivity contribution in [2.45, 2.75) is 6.54 Å². The molecule has 4 heteroatoms. The number of hydrogen-bond acceptors (Lipinski definition) is 3. The van der Waals surface area contributed by atoms with Gasteiger partial charge in [-0.05, 0) is 36.9 Å². The van der Waals surface area contributed by atoms with Gasteiger partial charge in [-0.1, -0.05) is 34.1 Å². The Labute approximate surface area is 134 Å². The Morgan fingerprint density at radius 3 is 2.57 bits per heavy atom. The van der Waals surface area contributed by atoms with Gasteiger partial charge in [0.1, 0.15) is 0 Å². The van der Waals surface area contributed by atoms with Crippen molar-refractivity contribution >= 4 is 33.0 Å². The summed E-state index contributed by atoms with van der Waals surface area (Å²) in [7, 11) is 4.15. The maximum atomic E-state index is 3.61. The molecule has 21 heavy (non-hydrogen) atoms. The van der Waals surface area contributed by atoms with E-state index in [1.54, 1.807) is 0 Å².